The number of anilines is 3. The highest BCUT2D eigenvalue weighted by molar-refractivity contribution is 7.22. The van der Waals surface area contributed by atoms with Crippen molar-refractivity contribution in [2.24, 2.45) is 0 Å². The maximum absolute atomic E-state index is 14.0. The third-order valence-electron chi connectivity index (χ3n) is 7.19. The van der Waals surface area contributed by atoms with Crippen LogP contribution in [0.2, 0.25) is 0 Å². The number of H-pyrrole nitrogens is 1. The van der Waals surface area contributed by atoms with E-state index in [4.69, 9.17) is 0 Å². The Bertz CT molecular complexity index is 1870. The summed E-state index contributed by atoms with van der Waals surface area (Å²) in [7, 11) is 0. The number of aromatic nitrogens is 5. The van der Waals surface area contributed by atoms with Crippen molar-refractivity contribution in [2.75, 3.05) is 15.5 Å². The van der Waals surface area contributed by atoms with Gasteiger partial charge in [0.25, 0.3) is 11.9 Å². The van der Waals surface area contributed by atoms with Crippen LogP contribution in [-0.4, -0.2) is 37.5 Å². The smallest absolute Gasteiger partial charge is 0.290 e. The third kappa shape index (κ3) is 6.82. The maximum atomic E-state index is 14.0. The first kappa shape index (κ1) is 29.9. The Morgan fingerprint density at radius 2 is 1.78 bits per heavy atom. The summed E-state index contributed by atoms with van der Waals surface area (Å²) in [5.74, 6) is -1.53. The van der Waals surface area contributed by atoms with Gasteiger partial charge in [-0.25, -0.2) is 14.2 Å². The Morgan fingerprint density at radius 3 is 2.44 bits per heavy atom. The lowest BCUT2D eigenvalue weighted by atomic mass is 9.93. The number of benzene rings is 3. The number of hydrogen-bond acceptors (Lipinski definition) is 7. The van der Waals surface area contributed by atoms with Crippen molar-refractivity contribution in [3.8, 4) is 0 Å². The highest BCUT2D eigenvalue weighted by atomic mass is 32.1. The SMILES string of the molecule is O=C(Nc1nn[nH]n1)c1ccc(CN(C(=O)Nc2nc3cc(F)cc(C(F)(F)F)c3s2)c2ccc(C3=CCCCC3)cc2)cc1. The molecule has 0 radical (unpaired) electrons. The summed E-state index contributed by atoms with van der Waals surface area (Å²) in [6.07, 6.45) is 1.64. The molecule has 2 aromatic heterocycles. The zero-order chi connectivity index (χ0) is 31.6. The molecule has 0 fully saturated rings. The number of nitrogens with zero attached hydrogens (tertiary/aromatic N) is 5. The molecule has 1 aliphatic rings. The van der Waals surface area contributed by atoms with Crippen molar-refractivity contribution in [3.05, 3.63) is 94.8 Å². The zero-order valence-corrected chi connectivity index (χ0v) is 24.2. The molecule has 15 heteroatoms. The van der Waals surface area contributed by atoms with Crippen LogP contribution < -0.4 is 15.5 Å². The van der Waals surface area contributed by atoms with Crippen LogP contribution in [0.1, 0.15) is 52.7 Å². The standard InChI is InChI=1S/C30H24F4N8O2S/c31-21-14-23(30(32,33)34)25-24(15-21)35-28(45-25)37-29(44)42(22-12-10-19(11-13-22)18-4-2-1-3-5-18)16-17-6-8-20(9-7-17)26(43)36-27-38-40-41-39-27/h4,6-15H,1-3,5,16H2,(H,35,37,44)(H2,36,38,39,40,41,43). The van der Waals surface area contributed by atoms with Gasteiger partial charge in [0.1, 0.15) is 5.82 Å². The number of fused-ring (bicyclic) bond motifs is 1. The Balaban J connectivity index is 1.27. The number of tetrazole rings is 1. The molecule has 10 nitrogen and oxygen atoms in total. The largest absolute Gasteiger partial charge is 0.417 e. The van der Waals surface area contributed by atoms with E-state index in [1.807, 2.05) is 12.1 Å². The lowest BCUT2D eigenvalue weighted by Crippen LogP contribution is -2.34. The van der Waals surface area contributed by atoms with E-state index >= 15 is 0 Å². The number of alkyl halides is 3. The van der Waals surface area contributed by atoms with E-state index in [2.05, 4.69) is 42.3 Å². The number of aromatic amines is 1. The van der Waals surface area contributed by atoms with Crippen LogP contribution in [0.5, 0.6) is 0 Å². The summed E-state index contributed by atoms with van der Waals surface area (Å²) < 4.78 is 54.4. The van der Waals surface area contributed by atoms with E-state index < -0.39 is 29.5 Å². The molecule has 1 aliphatic carbocycles. The van der Waals surface area contributed by atoms with Crippen LogP contribution in [0.3, 0.4) is 0 Å². The minimum atomic E-state index is -4.80. The molecule has 3 aromatic carbocycles. The first-order valence-electron chi connectivity index (χ1n) is 13.8. The first-order valence-corrected chi connectivity index (χ1v) is 14.6. The molecule has 0 saturated carbocycles. The second kappa shape index (κ2) is 12.4. The van der Waals surface area contributed by atoms with Gasteiger partial charge >= 0.3 is 12.2 Å². The van der Waals surface area contributed by atoms with Crippen molar-refractivity contribution in [1.82, 2.24) is 25.6 Å². The predicted molar refractivity (Wildman–Crippen MR) is 161 cm³/mol. The van der Waals surface area contributed by atoms with Gasteiger partial charge < -0.3 is 0 Å². The van der Waals surface area contributed by atoms with Crippen molar-refractivity contribution in [3.63, 3.8) is 0 Å². The molecule has 0 spiro atoms. The number of thiazole rings is 1. The second-order valence-electron chi connectivity index (χ2n) is 10.2. The normalized spacial score (nSPS) is 13.4. The fraction of sp³-hybridized carbons (Fsp3) is 0.200. The number of carbonyl (C=O) groups excluding carboxylic acids is 2. The minimum absolute atomic E-state index is 0.0132. The summed E-state index contributed by atoms with van der Waals surface area (Å²) in [5.41, 5.74) is 2.40. The van der Waals surface area contributed by atoms with Gasteiger partial charge in [-0.05, 0) is 77.9 Å². The molecular formula is C30H24F4N8O2S. The molecule has 3 N–H and O–H groups in total. The average Bonchev–Trinajstić information content (AvgIpc) is 3.69. The summed E-state index contributed by atoms with van der Waals surface area (Å²) in [4.78, 5) is 31.6. The van der Waals surface area contributed by atoms with Crippen LogP contribution in [0, 0.1) is 5.82 Å². The molecule has 0 aliphatic heterocycles. The molecule has 0 saturated heterocycles. The Kier molecular flexibility index (Phi) is 8.26. The molecule has 0 bridgehead atoms. The van der Waals surface area contributed by atoms with Crippen molar-refractivity contribution in [1.29, 1.82) is 0 Å². The van der Waals surface area contributed by atoms with Crippen LogP contribution in [0.25, 0.3) is 15.8 Å². The highest BCUT2D eigenvalue weighted by Crippen LogP contribution is 2.39. The third-order valence-corrected chi connectivity index (χ3v) is 8.21. The number of allylic oxidation sites excluding steroid dienone is 2. The Morgan fingerprint density at radius 1 is 1.00 bits per heavy atom. The predicted octanol–water partition coefficient (Wildman–Crippen LogP) is 7.42. The molecule has 5 aromatic rings. The molecule has 6 rings (SSSR count). The number of nitrogens with one attached hydrogen (secondary N) is 3. The quantitative estimate of drug-likeness (QED) is 0.160. The van der Waals surface area contributed by atoms with Gasteiger partial charge in [0.15, 0.2) is 5.13 Å². The van der Waals surface area contributed by atoms with E-state index in [1.165, 1.54) is 10.5 Å². The molecular weight excluding hydrogens is 612 g/mol. The van der Waals surface area contributed by atoms with Gasteiger partial charge in [0.05, 0.1) is 22.3 Å². The lowest BCUT2D eigenvalue weighted by molar-refractivity contribution is -0.136. The Labute approximate surface area is 257 Å². The van der Waals surface area contributed by atoms with Crippen molar-refractivity contribution in [2.45, 2.75) is 38.4 Å². The van der Waals surface area contributed by atoms with Gasteiger partial charge in [-0.2, -0.15) is 18.4 Å². The Hall–Kier alpha value is -5.18. The molecule has 230 valence electrons. The van der Waals surface area contributed by atoms with Crippen LogP contribution in [0.4, 0.5) is 39.1 Å². The van der Waals surface area contributed by atoms with Gasteiger partial charge in [0, 0.05) is 17.3 Å². The fourth-order valence-electron chi connectivity index (χ4n) is 4.99. The number of hydrogen-bond donors (Lipinski definition) is 3. The number of urea groups is 1. The number of rotatable bonds is 7. The number of halogens is 4. The van der Waals surface area contributed by atoms with Crippen molar-refractivity contribution >= 4 is 55.8 Å². The van der Waals surface area contributed by atoms with Crippen molar-refractivity contribution < 1.29 is 27.2 Å². The topological polar surface area (TPSA) is 129 Å². The summed E-state index contributed by atoms with van der Waals surface area (Å²) in [6.45, 7) is 0.0495. The zero-order valence-electron chi connectivity index (χ0n) is 23.4. The minimum Gasteiger partial charge on any atom is -0.290 e. The van der Waals surface area contributed by atoms with Crippen LogP contribution in [-0.2, 0) is 12.7 Å². The van der Waals surface area contributed by atoms with Crippen LogP contribution in [0.15, 0.2) is 66.7 Å². The van der Waals surface area contributed by atoms with Gasteiger partial charge in [0.2, 0.25) is 0 Å². The molecule has 3 amide bonds. The summed E-state index contributed by atoms with van der Waals surface area (Å²) in [5, 5.41) is 18.0. The molecule has 0 atom stereocenters. The second-order valence-corrected chi connectivity index (χ2v) is 11.2. The lowest BCUT2D eigenvalue weighted by Gasteiger charge is -2.23. The van der Waals surface area contributed by atoms with Gasteiger partial charge in [-0.15, -0.1) is 5.10 Å². The van der Waals surface area contributed by atoms with E-state index in [-0.39, 0.29) is 27.8 Å². The number of amides is 3. The van der Waals surface area contributed by atoms with E-state index in [1.54, 1.807) is 36.4 Å². The monoisotopic (exact) mass is 636 g/mol. The van der Waals surface area contributed by atoms with E-state index in [0.29, 0.717) is 34.2 Å². The molecule has 45 heavy (non-hydrogen) atoms. The number of carbonyl (C=O) groups is 2. The fourth-order valence-corrected chi connectivity index (χ4v) is 5.96. The van der Waals surface area contributed by atoms with E-state index in [9.17, 15) is 27.2 Å². The average molecular weight is 637 g/mol. The summed E-state index contributed by atoms with van der Waals surface area (Å²) in [6, 6.07) is 14.6. The summed E-state index contributed by atoms with van der Waals surface area (Å²) >= 11 is 0.609. The van der Waals surface area contributed by atoms with E-state index in [0.717, 1.165) is 37.3 Å². The van der Waals surface area contributed by atoms with Gasteiger partial charge in [-0.1, -0.05) is 46.8 Å². The first-order chi connectivity index (χ1) is 21.6. The maximum Gasteiger partial charge on any atom is 0.417 e. The molecule has 0 unspecified atom stereocenters. The van der Waals surface area contributed by atoms with Gasteiger partial charge in [-0.3, -0.25) is 20.3 Å². The highest BCUT2D eigenvalue weighted by Gasteiger charge is 2.35. The molecule has 2 heterocycles. The van der Waals surface area contributed by atoms with Crippen LogP contribution >= 0.6 is 11.3 Å².